The number of rotatable bonds is 3. The van der Waals surface area contributed by atoms with Gasteiger partial charge in [-0.1, -0.05) is 6.42 Å². The van der Waals surface area contributed by atoms with E-state index in [0.717, 1.165) is 12.8 Å². The van der Waals surface area contributed by atoms with E-state index >= 15 is 0 Å². The molecule has 0 amide bonds. The van der Waals surface area contributed by atoms with Gasteiger partial charge in [0.15, 0.2) is 0 Å². The highest BCUT2D eigenvalue weighted by Gasteiger charge is 2.26. The van der Waals surface area contributed by atoms with E-state index in [-0.39, 0.29) is 12.5 Å². The first-order valence-electron chi connectivity index (χ1n) is 3.74. The van der Waals surface area contributed by atoms with Gasteiger partial charge in [-0.2, -0.15) is 0 Å². The van der Waals surface area contributed by atoms with Crippen LogP contribution in [-0.2, 0) is 0 Å². The lowest BCUT2D eigenvalue weighted by Crippen LogP contribution is -2.35. The average molecular weight is 149 g/mol. The maximum atomic E-state index is 11.7. The van der Waals surface area contributed by atoms with Gasteiger partial charge in [-0.15, -0.1) is 0 Å². The number of halogens is 2. The van der Waals surface area contributed by atoms with Crippen molar-refractivity contribution in [3.05, 3.63) is 0 Å². The smallest absolute Gasteiger partial charge is 0.240 e. The van der Waals surface area contributed by atoms with E-state index in [1.807, 2.05) is 0 Å². The van der Waals surface area contributed by atoms with Crippen LogP contribution < -0.4 is 5.73 Å². The Bertz CT molecular complexity index is 102. The molecule has 1 aliphatic carbocycles. The second-order valence-electron chi connectivity index (χ2n) is 2.98. The average Bonchev–Trinajstić information content (AvgIpc) is 1.55. The van der Waals surface area contributed by atoms with Gasteiger partial charge in [-0.25, -0.2) is 8.78 Å². The van der Waals surface area contributed by atoms with E-state index in [4.69, 9.17) is 5.73 Å². The molecular formula is C7H13F2N. The zero-order chi connectivity index (χ0) is 7.56. The van der Waals surface area contributed by atoms with E-state index in [0.29, 0.717) is 5.92 Å². The lowest BCUT2D eigenvalue weighted by Gasteiger charge is -2.30. The van der Waals surface area contributed by atoms with Crippen molar-refractivity contribution in [2.75, 3.05) is 0 Å². The van der Waals surface area contributed by atoms with Crippen molar-refractivity contribution >= 4 is 0 Å². The molecule has 0 radical (unpaired) electrons. The van der Waals surface area contributed by atoms with E-state index in [1.165, 1.54) is 6.42 Å². The van der Waals surface area contributed by atoms with E-state index in [1.54, 1.807) is 0 Å². The van der Waals surface area contributed by atoms with Crippen LogP contribution in [0.3, 0.4) is 0 Å². The van der Waals surface area contributed by atoms with E-state index < -0.39 is 6.43 Å². The second kappa shape index (κ2) is 3.28. The highest BCUT2D eigenvalue weighted by molar-refractivity contribution is 4.80. The van der Waals surface area contributed by atoms with E-state index in [2.05, 4.69) is 0 Å². The van der Waals surface area contributed by atoms with Crippen molar-refractivity contribution in [3.63, 3.8) is 0 Å². The Morgan fingerprint density at radius 1 is 1.40 bits per heavy atom. The predicted octanol–water partition coefficient (Wildman–Crippen LogP) is 1.77. The molecule has 0 spiro atoms. The summed E-state index contributed by atoms with van der Waals surface area (Å²) in [5.41, 5.74) is 5.50. The molecule has 0 aliphatic heterocycles. The van der Waals surface area contributed by atoms with Crippen LogP contribution in [-0.4, -0.2) is 12.5 Å². The molecule has 1 aliphatic rings. The van der Waals surface area contributed by atoms with Crippen LogP contribution in [0.15, 0.2) is 0 Å². The zero-order valence-corrected chi connectivity index (χ0v) is 5.89. The lowest BCUT2D eigenvalue weighted by molar-refractivity contribution is 0.105. The monoisotopic (exact) mass is 149 g/mol. The summed E-state index contributed by atoms with van der Waals surface area (Å²) in [6, 6.07) is -0.256. The Balaban J connectivity index is 2.13. The molecule has 1 rings (SSSR count). The molecule has 1 unspecified atom stereocenters. The number of alkyl halides is 2. The van der Waals surface area contributed by atoms with Crippen LogP contribution in [0.1, 0.15) is 25.7 Å². The highest BCUT2D eigenvalue weighted by atomic mass is 19.3. The molecule has 2 N–H and O–H groups in total. The first-order valence-corrected chi connectivity index (χ1v) is 3.74. The summed E-state index contributed by atoms with van der Waals surface area (Å²) in [5.74, 6) is 0.383. The van der Waals surface area contributed by atoms with Crippen molar-refractivity contribution in [1.82, 2.24) is 0 Å². The van der Waals surface area contributed by atoms with Crippen molar-refractivity contribution in [2.45, 2.75) is 38.2 Å². The molecule has 1 nitrogen and oxygen atoms in total. The number of hydrogen-bond donors (Lipinski definition) is 1. The number of nitrogens with two attached hydrogens (primary N) is 1. The normalized spacial score (nSPS) is 22.8. The summed E-state index contributed by atoms with van der Waals surface area (Å²) in [4.78, 5) is 0. The Kier molecular flexibility index (Phi) is 2.60. The van der Waals surface area contributed by atoms with Crippen molar-refractivity contribution in [3.8, 4) is 0 Å². The Morgan fingerprint density at radius 2 is 2.00 bits per heavy atom. The largest absolute Gasteiger partial charge is 0.327 e. The van der Waals surface area contributed by atoms with Crippen LogP contribution >= 0.6 is 0 Å². The molecule has 1 saturated carbocycles. The summed E-state index contributed by atoms with van der Waals surface area (Å²) < 4.78 is 23.5. The SMILES string of the molecule is NC(CC(F)F)C1CCC1. The van der Waals surface area contributed by atoms with Crippen LogP contribution in [0.5, 0.6) is 0 Å². The Morgan fingerprint density at radius 3 is 2.30 bits per heavy atom. The van der Waals surface area contributed by atoms with Gasteiger partial charge < -0.3 is 5.73 Å². The Hall–Kier alpha value is -0.180. The van der Waals surface area contributed by atoms with Gasteiger partial charge in [0.25, 0.3) is 0 Å². The van der Waals surface area contributed by atoms with Gasteiger partial charge in [0.05, 0.1) is 0 Å². The number of hydrogen-bond acceptors (Lipinski definition) is 1. The molecule has 1 atom stereocenters. The maximum absolute atomic E-state index is 11.7. The predicted molar refractivity (Wildman–Crippen MR) is 35.9 cm³/mol. The lowest BCUT2D eigenvalue weighted by atomic mass is 9.79. The zero-order valence-electron chi connectivity index (χ0n) is 5.89. The fourth-order valence-electron chi connectivity index (χ4n) is 1.27. The molecule has 0 bridgehead atoms. The molecule has 0 saturated heterocycles. The minimum absolute atomic E-state index is 0.120. The minimum Gasteiger partial charge on any atom is -0.327 e. The Labute approximate surface area is 59.6 Å². The van der Waals surface area contributed by atoms with Crippen molar-refractivity contribution in [2.24, 2.45) is 11.7 Å². The van der Waals surface area contributed by atoms with Crippen LogP contribution in [0.25, 0.3) is 0 Å². The minimum atomic E-state index is -2.23. The van der Waals surface area contributed by atoms with Gasteiger partial charge in [0, 0.05) is 12.5 Å². The fraction of sp³-hybridized carbons (Fsp3) is 1.00. The topological polar surface area (TPSA) is 26.0 Å². The maximum Gasteiger partial charge on any atom is 0.240 e. The summed E-state index contributed by atoms with van der Waals surface area (Å²) in [5, 5.41) is 0. The van der Waals surface area contributed by atoms with Gasteiger partial charge in [0.1, 0.15) is 0 Å². The molecule has 3 heteroatoms. The molecule has 1 fully saturated rings. The summed E-state index contributed by atoms with van der Waals surface area (Å²) in [7, 11) is 0. The summed E-state index contributed by atoms with van der Waals surface area (Å²) in [6.45, 7) is 0. The molecule has 0 aromatic rings. The van der Waals surface area contributed by atoms with Crippen molar-refractivity contribution < 1.29 is 8.78 Å². The van der Waals surface area contributed by atoms with Gasteiger partial charge in [-0.3, -0.25) is 0 Å². The molecule has 0 heterocycles. The van der Waals surface area contributed by atoms with Gasteiger partial charge in [-0.05, 0) is 18.8 Å². The third-order valence-corrected chi connectivity index (χ3v) is 2.21. The first kappa shape index (κ1) is 7.92. The van der Waals surface area contributed by atoms with Crippen molar-refractivity contribution in [1.29, 1.82) is 0 Å². The van der Waals surface area contributed by atoms with Crippen LogP contribution in [0.2, 0.25) is 0 Å². The molecule has 0 aromatic heterocycles. The third kappa shape index (κ3) is 1.90. The van der Waals surface area contributed by atoms with Crippen LogP contribution in [0.4, 0.5) is 8.78 Å². The van der Waals surface area contributed by atoms with E-state index in [9.17, 15) is 8.78 Å². The molecule has 0 aromatic carbocycles. The third-order valence-electron chi connectivity index (χ3n) is 2.21. The molecular weight excluding hydrogens is 136 g/mol. The highest BCUT2D eigenvalue weighted by Crippen LogP contribution is 2.30. The van der Waals surface area contributed by atoms with Gasteiger partial charge in [0.2, 0.25) is 6.43 Å². The molecule has 60 valence electrons. The first-order chi connectivity index (χ1) is 4.70. The fourth-order valence-corrected chi connectivity index (χ4v) is 1.27. The standard InChI is InChI=1S/C7H13F2N/c8-7(9)4-6(10)5-2-1-3-5/h5-7H,1-4,10H2. The summed E-state index contributed by atoms with van der Waals surface area (Å²) in [6.07, 6.45) is 0.921. The quantitative estimate of drug-likeness (QED) is 0.650. The molecule has 10 heavy (non-hydrogen) atoms. The second-order valence-corrected chi connectivity index (χ2v) is 2.98. The van der Waals surface area contributed by atoms with Crippen LogP contribution in [0, 0.1) is 5.92 Å². The van der Waals surface area contributed by atoms with Gasteiger partial charge >= 0.3 is 0 Å². The summed E-state index contributed by atoms with van der Waals surface area (Å²) >= 11 is 0.